The highest BCUT2D eigenvalue weighted by molar-refractivity contribution is 5.68. The number of fused-ring (bicyclic) bond motifs is 2. The van der Waals surface area contributed by atoms with Crippen LogP contribution in [0.2, 0.25) is 0 Å². The molecule has 3 aromatic rings. The summed E-state index contributed by atoms with van der Waals surface area (Å²) in [5.41, 5.74) is 1.77. The highest BCUT2D eigenvalue weighted by Gasteiger charge is 2.52. The number of imidazole rings is 1. The maximum Gasteiger partial charge on any atom is 0.174 e. The lowest BCUT2D eigenvalue weighted by atomic mass is 9.65. The van der Waals surface area contributed by atoms with Gasteiger partial charge in [0.2, 0.25) is 0 Å². The number of halogens is 1. The normalized spacial score (nSPS) is 31.1. The quantitative estimate of drug-likeness (QED) is 0.645. The molecule has 0 aliphatic carbocycles. The second-order valence-corrected chi connectivity index (χ2v) is 9.75. The SMILES string of the molecule is CC1C[C@@]2(C)C/C(=C/c3ncc(-c4ccc(-n5ccnc5)cc4O)nn3)[C@@H](F)[C@@](C)(C1)N2. The van der Waals surface area contributed by atoms with Crippen LogP contribution < -0.4 is 5.32 Å². The summed E-state index contributed by atoms with van der Waals surface area (Å²) in [4.78, 5) is 8.40. The van der Waals surface area contributed by atoms with Crippen molar-refractivity contribution in [3.05, 3.63) is 54.5 Å². The van der Waals surface area contributed by atoms with Gasteiger partial charge < -0.3 is 15.0 Å². The predicted molar refractivity (Wildman–Crippen MR) is 120 cm³/mol. The molecule has 2 aliphatic rings. The molecule has 0 amide bonds. The predicted octanol–water partition coefficient (Wildman–Crippen LogP) is 4.09. The van der Waals surface area contributed by atoms with Crippen LogP contribution in [0, 0.1) is 5.92 Å². The van der Waals surface area contributed by atoms with Gasteiger partial charge in [-0.1, -0.05) is 6.92 Å². The lowest BCUT2D eigenvalue weighted by Gasteiger charge is -2.55. The van der Waals surface area contributed by atoms with E-state index in [-0.39, 0.29) is 11.3 Å². The van der Waals surface area contributed by atoms with Gasteiger partial charge in [0.05, 0.1) is 23.8 Å². The molecule has 2 aromatic heterocycles. The van der Waals surface area contributed by atoms with Gasteiger partial charge in [-0.15, -0.1) is 10.2 Å². The number of rotatable bonds is 3. The largest absolute Gasteiger partial charge is 0.507 e. The van der Waals surface area contributed by atoms with E-state index in [4.69, 9.17) is 0 Å². The number of hydrogen-bond acceptors (Lipinski definition) is 6. The van der Waals surface area contributed by atoms with Crippen LogP contribution in [0.1, 0.15) is 45.9 Å². The van der Waals surface area contributed by atoms with Crippen molar-refractivity contribution in [2.75, 3.05) is 0 Å². The minimum atomic E-state index is -1.10. The Bertz CT molecular complexity index is 1160. The average Bonchev–Trinajstić information content (AvgIpc) is 3.26. The number of alkyl halides is 1. The Morgan fingerprint density at radius 1 is 1.25 bits per heavy atom. The van der Waals surface area contributed by atoms with E-state index >= 15 is 4.39 Å². The van der Waals surface area contributed by atoms with Gasteiger partial charge in [0.25, 0.3) is 0 Å². The minimum absolute atomic E-state index is 0.0726. The van der Waals surface area contributed by atoms with Crippen molar-refractivity contribution in [1.82, 2.24) is 30.0 Å². The van der Waals surface area contributed by atoms with Crippen molar-refractivity contribution < 1.29 is 9.50 Å². The van der Waals surface area contributed by atoms with Crippen LogP contribution in [0.25, 0.3) is 23.0 Å². The first-order valence-corrected chi connectivity index (χ1v) is 10.9. The number of hydrogen-bond donors (Lipinski definition) is 2. The third-order valence-electron chi connectivity index (χ3n) is 6.59. The van der Waals surface area contributed by atoms with Crippen molar-refractivity contribution in [3.8, 4) is 22.7 Å². The molecule has 8 heteroatoms. The van der Waals surface area contributed by atoms with Crippen molar-refractivity contribution in [3.63, 3.8) is 0 Å². The zero-order valence-corrected chi connectivity index (χ0v) is 18.5. The van der Waals surface area contributed by atoms with E-state index in [0.717, 1.165) is 18.5 Å². The average molecular weight is 435 g/mol. The van der Waals surface area contributed by atoms with Crippen LogP contribution in [0.5, 0.6) is 5.75 Å². The van der Waals surface area contributed by atoms with Crippen LogP contribution in [0.4, 0.5) is 4.39 Å². The second kappa shape index (κ2) is 7.48. The Balaban J connectivity index is 1.40. The second-order valence-electron chi connectivity index (χ2n) is 9.75. The molecule has 4 atom stereocenters. The van der Waals surface area contributed by atoms with Gasteiger partial charge >= 0.3 is 0 Å². The Morgan fingerprint density at radius 2 is 2.09 bits per heavy atom. The van der Waals surface area contributed by atoms with Crippen molar-refractivity contribution in [1.29, 1.82) is 0 Å². The van der Waals surface area contributed by atoms with Crippen molar-refractivity contribution in [2.45, 2.75) is 57.3 Å². The molecule has 2 aliphatic heterocycles. The van der Waals surface area contributed by atoms with Crippen LogP contribution in [-0.4, -0.2) is 47.1 Å². The standard InChI is InChI=1S/C24H27FN6O/c1-15-10-23(2)12-16(22(25)24(3,11-15)30-23)8-21-27-13-19(28-29-21)18-5-4-17(9-20(18)32)31-7-6-26-14-31/h4-9,13-15,22,30,32H,10-12H2,1-3H3/b16-8-/t15?,22-,23+,24-/m1/s1. The number of phenols is 1. The van der Waals surface area contributed by atoms with Crippen LogP contribution in [-0.2, 0) is 0 Å². The number of benzene rings is 1. The molecule has 2 bridgehead atoms. The number of nitrogens with zero attached hydrogens (tertiary/aromatic N) is 5. The summed E-state index contributed by atoms with van der Waals surface area (Å²) in [6.45, 7) is 6.33. The number of nitrogens with one attached hydrogen (secondary N) is 1. The highest BCUT2D eigenvalue weighted by Crippen LogP contribution is 2.46. The Hall–Kier alpha value is -3.13. The zero-order valence-electron chi connectivity index (χ0n) is 18.5. The molecule has 1 aromatic carbocycles. The summed E-state index contributed by atoms with van der Waals surface area (Å²) in [5.74, 6) is 0.931. The molecule has 2 fully saturated rings. The van der Waals surface area contributed by atoms with E-state index in [1.807, 2.05) is 13.0 Å². The molecule has 0 saturated carbocycles. The molecule has 4 heterocycles. The maximum absolute atomic E-state index is 15.4. The molecule has 32 heavy (non-hydrogen) atoms. The van der Waals surface area contributed by atoms with Crippen LogP contribution >= 0.6 is 0 Å². The number of piperidine rings is 2. The third-order valence-corrected chi connectivity index (χ3v) is 6.59. The monoisotopic (exact) mass is 434 g/mol. The van der Waals surface area contributed by atoms with E-state index in [9.17, 15) is 5.11 Å². The maximum atomic E-state index is 15.4. The topological polar surface area (TPSA) is 88.8 Å². The van der Waals surface area contributed by atoms with E-state index in [1.54, 1.807) is 47.7 Å². The molecule has 2 N–H and O–H groups in total. The molecule has 5 rings (SSSR count). The fourth-order valence-corrected chi connectivity index (χ4v) is 5.66. The number of aromatic nitrogens is 5. The van der Waals surface area contributed by atoms with Crippen molar-refractivity contribution in [2.24, 2.45) is 5.92 Å². The summed E-state index contributed by atoms with van der Waals surface area (Å²) in [5, 5.41) is 22.5. The first kappa shape index (κ1) is 20.8. The Labute approximate surface area is 186 Å². The smallest absolute Gasteiger partial charge is 0.174 e. The van der Waals surface area contributed by atoms with Gasteiger partial charge in [0, 0.05) is 29.6 Å². The summed E-state index contributed by atoms with van der Waals surface area (Å²) in [6, 6.07) is 5.26. The van der Waals surface area contributed by atoms with Gasteiger partial charge in [-0.2, -0.15) is 0 Å². The van der Waals surface area contributed by atoms with E-state index in [0.29, 0.717) is 35.0 Å². The Kier molecular flexibility index (Phi) is 4.85. The molecule has 2 saturated heterocycles. The summed E-state index contributed by atoms with van der Waals surface area (Å²) < 4.78 is 17.2. The first-order valence-electron chi connectivity index (χ1n) is 10.9. The van der Waals surface area contributed by atoms with E-state index in [2.05, 4.69) is 39.3 Å². The number of aromatic hydroxyl groups is 1. The van der Waals surface area contributed by atoms with Gasteiger partial charge in [0.15, 0.2) is 5.82 Å². The van der Waals surface area contributed by atoms with Gasteiger partial charge in [-0.3, -0.25) is 0 Å². The van der Waals surface area contributed by atoms with Crippen molar-refractivity contribution >= 4 is 6.08 Å². The van der Waals surface area contributed by atoms with Gasteiger partial charge in [0.1, 0.15) is 17.6 Å². The molecule has 166 valence electrons. The molecular weight excluding hydrogens is 407 g/mol. The minimum Gasteiger partial charge on any atom is -0.507 e. The summed E-state index contributed by atoms with van der Waals surface area (Å²) >= 11 is 0. The Morgan fingerprint density at radius 3 is 2.78 bits per heavy atom. The molecule has 0 spiro atoms. The van der Waals surface area contributed by atoms with Crippen LogP contribution in [0.3, 0.4) is 0 Å². The zero-order chi connectivity index (χ0) is 22.5. The van der Waals surface area contributed by atoms with Gasteiger partial charge in [-0.05, 0) is 62.8 Å². The molecule has 1 unspecified atom stereocenters. The number of phenolic OH excluding ortho intramolecular Hbond substituents is 1. The third kappa shape index (κ3) is 3.68. The van der Waals surface area contributed by atoms with Gasteiger partial charge in [-0.25, -0.2) is 14.4 Å². The fourth-order valence-electron chi connectivity index (χ4n) is 5.66. The molecule has 0 radical (unpaired) electrons. The first-order chi connectivity index (χ1) is 15.2. The summed E-state index contributed by atoms with van der Waals surface area (Å²) in [7, 11) is 0. The van der Waals surface area contributed by atoms with E-state index < -0.39 is 11.7 Å². The van der Waals surface area contributed by atoms with Crippen LogP contribution in [0.15, 0.2) is 48.7 Å². The fraction of sp³-hybridized carbons (Fsp3) is 0.417. The lowest BCUT2D eigenvalue weighted by Crippen LogP contribution is -2.68. The molecular formula is C24H27FN6O. The van der Waals surface area contributed by atoms with E-state index in [1.165, 1.54) is 0 Å². The summed E-state index contributed by atoms with van der Waals surface area (Å²) in [6.07, 6.45) is 9.76. The lowest BCUT2D eigenvalue weighted by molar-refractivity contribution is 0.0299. The highest BCUT2D eigenvalue weighted by atomic mass is 19.1. The molecule has 7 nitrogen and oxygen atoms in total.